The van der Waals surface area contributed by atoms with Gasteiger partial charge in [0, 0.05) is 40.8 Å². The summed E-state index contributed by atoms with van der Waals surface area (Å²) >= 11 is 0. The number of hydrogen-bond donors (Lipinski definition) is 2. The minimum absolute atomic E-state index is 0.235. The van der Waals surface area contributed by atoms with E-state index >= 15 is 0 Å². The summed E-state index contributed by atoms with van der Waals surface area (Å²) in [6.07, 6.45) is 2.67. The fourth-order valence-corrected chi connectivity index (χ4v) is 3.60. The maximum absolute atomic E-state index is 14.2. The van der Waals surface area contributed by atoms with Crippen LogP contribution in [0.1, 0.15) is 29.4 Å². The van der Waals surface area contributed by atoms with Crippen molar-refractivity contribution in [2.45, 2.75) is 26.4 Å². The number of nitrogens with one attached hydrogen (secondary N) is 1. The maximum atomic E-state index is 14.2. The van der Waals surface area contributed by atoms with Crippen molar-refractivity contribution in [1.29, 1.82) is 0 Å². The molecular formula is C22H21F2N5O. The van der Waals surface area contributed by atoms with Crippen LogP contribution in [0, 0.1) is 11.6 Å². The number of halogens is 2. The first-order chi connectivity index (χ1) is 14.5. The van der Waals surface area contributed by atoms with Crippen LogP contribution in [0.4, 0.5) is 8.78 Å². The summed E-state index contributed by atoms with van der Waals surface area (Å²) in [5, 5.41) is 5.52. The van der Waals surface area contributed by atoms with Gasteiger partial charge in [0.25, 0.3) is 5.91 Å². The van der Waals surface area contributed by atoms with Crippen molar-refractivity contribution in [2.75, 3.05) is 0 Å². The summed E-state index contributed by atoms with van der Waals surface area (Å²) in [6, 6.07) is 12.9. The van der Waals surface area contributed by atoms with E-state index in [4.69, 9.17) is 5.84 Å². The van der Waals surface area contributed by atoms with Crippen LogP contribution in [-0.2, 0) is 13.1 Å². The van der Waals surface area contributed by atoms with Gasteiger partial charge in [0.1, 0.15) is 17.3 Å². The summed E-state index contributed by atoms with van der Waals surface area (Å²) < 4.78 is 31.0. The highest BCUT2D eigenvalue weighted by molar-refractivity contribution is 5.98. The van der Waals surface area contributed by atoms with Crippen LogP contribution in [0.5, 0.6) is 0 Å². The number of para-hydroxylation sites is 1. The van der Waals surface area contributed by atoms with Gasteiger partial charge in [0.2, 0.25) is 0 Å². The number of amides is 1. The average Bonchev–Trinajstić information content (AvgIpc) is 3.32. The van der Waals surface area contributed by atoms with Gasteiger partial charge >= 0.3 is 0 Å². The van der Waals surface area contributed by atoms with E-state index in [1.165, 1.54) is 12.1 Å². The van der Waals surface area contributed by atoms with Gasteiger partial charge in [0.15, 0.2) is 0 Å². The molecule has 0 atom stereocenters. The predicted octanol–water partition coefficient (Wildman–Crippen LogP) is 3.84. The maximum Gasteiger partial charge on any atom is 0.283 e. The fourth-order valence-electron chi connectivity index (χ4n) is 3.60. The standard InChI is InChI=1S/C22H21F2N5O/c1-2-9-29-21(22(30)26-25)11-19(27-29)17-13-28(20-6-4-3-5-16(17)20)12-14-7-8-15(23)10-18(14)24/h3-8,10-11,13H,2,9,12,25H2,1H3,(H,26,30). The minimum Gasteiger partial charge on any atom is -0.342 e. The number of nitrogens with zero attached hydrogens (tertiary/aromatic N) is 3. The van der Waals surface area contributed by atoms with Crippen molar-refractivity contribution in [3.63, 3.8) is 0 Å². The van der Waals surface area contributed by atoms with Gasteiger partial charge in [-0.25, -0.2) is 14.6 Å². The molecule has 0 spiro atoms. The second-order valence-electron chi connectivity index (χ2n) is 7.03. The molecule has 8 heteroatoms. The van der Waals surface area contributed by atoms with Gasteiger partial charge in [-0.1, -0.05) is 31.2 Å². The zero-order valence-corrected chi connectivity index (χ0v) is 16.4. The Labute approximate surface area is 171 Å². The van der Waals surface area contributed by atoms with E-state index in [0.29, 0.717) is 23.5 Å². The molecular weight excluding hydrogens is 388 g/mol. The summed E-state index contributed by atoms with van der Waals surface area (Å²) in [7, 11) is 0. The van der Waals surface area contributed by atoms with Gasteiger partial charge in [0.05, 0.1) is 12.2 Å². The Kier molecular flexibility index (Phi) is 5.33. The number of carbonyl (C=O) groups is 1. The predicted molar refractivity (Wildman–Crippen MR) is 111 cm³/mol. The molecule has 4 rings (SSSR count). The molecule has 0 aliphatic heterocycles. The minimum atomic E-state index is -0.610. The van der Waals surface area contributed by atoms with E-state index in [-0.39, 0.29) is 6.54 Å². The van der Waals surface area contributed by atoms with E-state index < -0.39 is 17.5 Å². The Morgan fingerprint density at radius 3 is 2.70 bits per heavy atom. The normalized spacial score (nSPS) is 11.2. The zero-order chi connectivity index (χ0) is 21.3. The number of carbonyl (C=O) groups excluding carboxylic acids is 1. The fraction of sp³-hybridized carbons (Fsp3) is 0.182. The number of hydrazine groups is 1. The van der Waals surface area contributed by atoms with Gasteiger partial charge < -0.3 is 4.57 Å². The molecule has 30 heavy (non-hydrogen) atoms. The van der Waals surface area contributed by atoms with Crippen molar-refractivity contribution in [2.24, 2.45) is 5.84 Å². The number of fused-ring (bicyclic) bond motifs is 1. The third-order valence-corrected chi connectivity index (χ3v) is 5.00. The third-order valence-electron chi connectivity index (χ3n) is 5.00. The smallest absolute Gasteiger partial charge is 0.283 e. The van der Waals surface area contributed by atoms with Crippen LogP contribution in [0.3, 0.4) is 0 Å². The second kappa shape index (κ2) is 8.08. The number of aryl methyl sites for hydroxylation is 1. The summed E-state index contributed by atoms with van der Waals surface area (Å²) in [6.45, 7) is 2.80. The Bertz CT molecular complexity index is 1230. The topological polar surface area (TPSA) is 77.9 Å². The number of aromatic nitrogens is 3. The molecule has 1 amide bonds. The highest BCUT2D eigenvalue weighted by Gasteiger charge is 2.19. The first-order valence-electron chi connectivity index (χ1n) is 9.62. The molecule has 0 radical (unpaired) electrons. The molecule has 0 fully saturated rings. The molecule has 0 aliphatic carbocycles. The SMILES string of the molecule is CCCn1nc(-c2cn(Cc3ccc(F)cc3F)c3ccccc23)cc1C(=O)NN. The summed E-state index contributed by atoms with van der Waals surface area (Å²) in [4.78, 5) is 12.2. The average molecular weight is 409 g/mol. The number of hydrogen-bond acceptors (Lipinski definition) is 3. The lowest BCUT2D eigenvalue weighted by molar-refractivity contribution is 0.0942. The van der Waals surface area contributed by atoms with Crippen molar-refractivity contribution in [3.8, 4) is 11.3 Å². The third kappa shape index (κ3) is 3.57. The number of benzene rings is 2. The lowest BCUT2D eigenvalue weighted by atomic mass is 10.1. The van der Waals surface area contributed by atoms with Crippen LogP contribution in [0.2, 0.25) is 0 Å². The first-order valence-corrected chi connectivity index (χ1v) is 9.62. The quantitative estimate of drug-likeness (QED) is 0.289. The molecule has 0 bridgehead atoms. The Morgan fingerprint density at radius 1 is 1.17 bits per heavy atom. The van der Waals surface area contributed by atoms with Crippen LogP contribution in [-0.4, -0.2) is 20.3 Å². The number of rotatable bonds is 6. The van der Waals surface area contributed by atoms with Crippen molar-refractivity contribution >= 4 is 16.8 Å². The Hall–Kier alpha value is -3.52. The molecule has 4 aromatic rings. The highest BCUT2D eigenvalue weighted by atomic mass is 19.1. The van der Waals surface area contributed by atoms with E-state index in [0.717, 1.165) is 29.0 Å². The van der Waals surface area contributed by atoms with E-state index in [1.54, 1.807) is 10.7 Å². The van der Waals surface area contributed by atoms with E-state index in [1.807, 2.05) is 42.0 Å². The second-order valence-corrected chi connectivity index (χ2v) is 7.03. The van der Waals surface area contributed by atoms with Gasteiger partial charge in [-0.05, 0) is 24.6 Å². The van der Waals surface area contributed by atoms with Crippen molar-refractivity contribution in [1.82, 2.24) is 19.8 Å². The van der Waals surface area contributed by atoms with Gasteiger partial charge in [-0.2, -0.15) is 5.10 Å². The number of nitrogen functional groups attached to an aromatic ring is 1. The highest BCUT2D eigenvalue weighted by Crippen LogP contribution is 2.31. The summed E-state index contributed by atoms with van der Waals surface area (Å²) in [5.41, 5.74) is 5.22. The molecule has 2 heterocycles. The molecule has 2 aromatic carbocycles. The monoisotopic (exact) mass is 409 g/mol. The van der Waals surface area contributed by atoms with Crippen LogP contribution >= 0.6 is 0 Å². The van der Waals surface area contributed by atoms with Crippen molar-refractivity contribution in [3.05, 3.63) is 77.6 Å². The Morgan fingerprint density at radius 2 is 1.97 bits per heavy atom. The van der Waals surface area contributed by atoms with Crippen LogP contribution in [0.15, 0.2) is 54.7 Å². The molecule has 2 aromatic heterocycles. The molecule has 6 nitrogen and oxygen atoms in total. The van der Waals surface area contributed by atoms with Crippen LogP contribution < -0.4 is 11.3 Å². The molecule has 0 aliphatic rings. The van der Waals surface area contributed by atoms with Crippen LogP contribution in [0.25, 0.3) is 22.2 Å². The molecule has 3 N–H and O–H groups in total. The largest absolute Gasteiger partial charge is 0.342 e. The molecule has 0 saturated heterocycles. The van der Waals surface area contributed by atoms with Gasteiger partial charge in [-0.3, -0.25) is 14.9 Å². The molecule has 154 valence electrons. The zero-order valence-electron chi connectivity index (χ0n) is 16.4. The number of nitrogens with two attached hydrogens (primary N) is 1. The molecule has 0 unspecified atom stereocenters. The van der Waals surface area contributed by atoms with Gasteiger partial charge in [-0.15, -0.1) is 0 Å². The first kappa shape index (κ1) is 19.8. The lowest BCUT2D eigenvalue weighted by Crippen LogP contribution is -2.32. The van der Waals surface area contributed by atoms with E-state index in [9.17, 15) is 13.6 Å². The lowest BCUT2D eigenvalue weighted by Gasteiger charge is -2.06. The summed E-state index contributed by atoms with van der Waals surface area (Å²) in [5.74, 6) is 3.69. The molecule has 0 saturated carbocycles. The Balaban J connectivity index is 1.82. The van der Waals surface area contributed by atoms with Crippen molar-refractivity contribution < 1.29 is 13.6 Å². The van der Waals surface area contributed by atoms with E-state index in [2.05, 4.69) is 10.5 Å².